The molecule has 0 saturated carbocycles. The van der Waals surface area contributed by atoms with Crippen molar-refractivity contribution >= 4 is 17.2 Å². The second-order valence-corrected chi connectivity index (χ2v) is 5.35. The molecule has 1 amide bonds. The largest absolute Gasteiger partial charge is 0.395 e. The smallest absolute Gasteiger partial charge is 0.262 e. The Balaban J connectivity index is 1.99. The number of nitrogens with one attached hydrogen (secondary N) is 1. The standard InChI is InChI=1S/C16H16N2O2S/c1-12-5-6-13(10-17-12)11-18-16(20)15-14(7-9-21-15)4-2-3-8-19/h5-7,9-10,19H,3,8,11H2,1H3,(H,18,20). The maximum Gasteiger partial charge on any atom is 0.262 e. The number of amides is 1. The summed E-state index contributed by atoms with van der Waals surface area (Å²) in [6.45, 7) is 2.39. The first-order valence-electron chi connectivity index (χ1n) is 6.57. The van der Waals surface area contributed by atoms with Crippen molar-refractivity contribution in [3.05, 3.63) is 51.5 Å². The minimum absolute atomic E-state index is 0.0269. The summed E-state index contributed by atoms with van der Waals surface area (Å²) in [5.74, 6) is 5.60. The number of aliphatic hydroxyl groups is 1. The van der Waals surface area contributed by atoms with Gasteiger partial charge in [-0.1, -0.05) is 17.9 Å². The lowest BCUT2D eigenvalue weighted by molar-refractivity contribution is 0.0955. The molecule has 0 radical (unpaired) electrons. The van der Waals surface area contributed by atoms with Crippen LogP contribution in [0.25, 0.3) is 0 Å². The molecule has 5 heteroatoms. The Hall–Kier alpha value is -2.16. The van der Waals surface area contributed by atoms with Crippen LogP contribution in [0, 0.1) is 18.8 Å². The number of aliphatic hydroxyl groups excluding tert-OH is 1. The molecule has 0 fully saturated rings. The van der Waals surface area contributed by atoms with Crippen LogP contribution in [-0.2, 0) is 6.54 Å². The minimum Gasteiger partial charge on any atom is -0.395 e. The van der Waals surface area contributed by atoms with Gasteiger partial charge in [0.15, 0.2) is 0 Å². The van der Waals surface area contributed by atoms with Gasteiger partial charge in [0, 0.05) is 30.4 Å². The third-order valence-electron chi connectivity index (χ3n) is 2.76. The topological polar surface area (TPSA) is 62.2 Å². The quantitative estimate of drug-likeness (QED) is 0.850. The van der Waals surface area contributed by atoms with Crippen molar-refractivity contribution in [1.82, 2.24) is 10.3 Å². The number of aryl methyl sites for hydroxylation is 1. The Morgan fingerprint density at radius 2 is 2.29 bits per heavy atom. The van der Waals surface area contributed by atoms with Gasteiger partial charge in [0.2, 0.25) is 0 Å². The average molecular weight is 300 g/mol. The fourth-order valence-corrected chi connectivity index (χ4v) is 2.43. The van der Waals surface area contributed by atoms with Crippen molar-refractivity contribution in [3.63, 3.8) is 0 Å². The molecule has 21 heavy (non-hydrogen) atoms. The van der Waals surface area contributed by atoms with Crippen LogP contribution in [0.15, 0.2) is 29.8 Å². The second kappa shape index (κ2) is 7.58. The molecule has 0 unspecified atom stereocenters. The molecule has 108 valence electrons. The molecular formula is C16H16N2O2S. The highest BCUT2D eigenvalue weighted by molar-refractivity contribution is 7.12. The molecule has 0 spiro atoms. The van der Waals surface area contributed by atoms with Crippen molar-refractivity contribution in [2.24, 2.45) is 0 Å². The fourth-order valence-electron chi connectivity index (χ4n) is 1.66. The Morgan fingerprint density at radius 1 is 1.43 bits per heavy atom. The Kier molecular flexibility index (Phi) is 5.50. The monoisotopic (exact) mass is 300 g/mol. The predicted molar refractivity (Wildman–Crippen MR) is 83.0 cm³/mol. The highest BCUT2D eigenvalue weighted by Gasteiger charge is 2.11. The van der Waals surface area contributed by atoms with E-state index in [1.165, 1.54) is 11.3 Å². The van der Waals surface area contributed by atoms with E-state index >= 15 is 0 Å². The molecule has 0 aromatic carbocycles. The summed E-state index contributed by atoms with van der Waals surface area (Å²) in [6.07, 6.45) is 2.16. The van der Waals surface area contributed by atoms with Crippen molar-refractivity contribution in [1.29, 1.82) is 0 Å². The molecule has 2 N–H and O–H groups in total. The lowest BCUT2D eigenvalue weighted by atomic mass is 10.2. The maximum absolute atomic E-state index is 12.2. The zero-order chi connectivity index (χ0) is 15.1. The SMILES string of the molecule is Cc1ccc(CNC(=O)c2sccc2C#CCCO)cn1. The highest BCUT2D eigenvalue weighted by Crippen LogP contribution is 2.15. The van der Waals surface area contributed by atoms with Crippen LogP contribution in [-0.4, -0.2) is 22.6 Å². The van der Waals surface area contributed by atoms with Crippen LogP contribution in [0.3, 0.4) is 0 Å². The number of rotatable bonds is 4. The van der Waals surface area contributed by atoms with Crippen LogP contribution in [0.4, 0.5) is 0 Å². The second-order valence-electron chi connectivity index (χ2n) is 4.43. The molecule has 0 aliphatic rings. The molecule has 2 aromatic rings. The minimum atomic E-state index is -0.140. The summed E-state index contributed by atoms with van der Waals surface area (Å²) < 4.78 is 0. The average Bonchev–Trinajstić information content (AvgIpc) is 2.95. The van der Waals surface area contributed by atoms with E-state index in [0.717, 1.165) is 11.3 Å². The fraction of sp³-hybridized carbons (Fsp3) is 0.250. The third-order valence-corrected chi connectivity index (χ3v) is 3.67. The van der Waals surface area contributed by atoms with Gasteiger partial charge in [-0.15, -0.1) is 11.3 Å². The predicted octanol–water partition coefficient (Wildman–Crippen LogP) is 2.12. The molecule has 0 bridgehead atoms. The number of aromatic nitrogens is 1. The number of hydrogen-bond acceptors (Lipinski definition) is 4. The molecule has 2 heterocycles. The number of nitrogens with zero attached hydrogens (tertiary/aromatic N) is 1. The van der Waals surface area contributed by atoms with Gasteiger partial charge in [-0.3, -0.25) is 9.78 Å². The molecule has 0 saturated heterocycles. The lowest BCUT2D eigenvalue weighted by Crippen LogP contribution is -2.22. The number of carbonyl (C=O) groups excluding carboxylic acids is 1. The van der Waals surface area contributed by atoms with Crippen LogP contribution < -0.4 is 5.32 Å². The third kappa shape index (κ3) is 4.42. The van der Waals surface area contributed by atoms with E-state index in [1.54, 1.807) is 6.20 Å². The van der Waals surface area contributed by atoms with Crippen LogP contribution >= 0.6 is 11.3 Å². The summed E-state index contributed by atoms with van der Waals surface area (Å²) in [6, 6.07) is 5.68. The van der Waals surface area contributed by atoms with Crippen molar-refractivity contribution in [2.75, 3.05) is 6.61 Å². The van der Waals surface area contributed by atoms with E-state index < -0.39 is 0 Å². The van der Waals surface area contributed by atoms with E-state index in [9.17, 15) is 4.79 Å². The van der Waals surface area contributed by atoms with Crippen LogP contribution in [0.2, 0.25) is 0 Å². The van der Waals surface area contributed by atoms with Crippen molar-refractivity contribution in [3.8, 4) is 11.8 Å². The van der Waals surface area contributed by atoms with Gasteiger partial charge in [0.05, 0.1) is 6.61 Å². The lowest BCUT2D eigenvalue weighted by Gasteiger charge is -2.04. The number of carbonyl (C=O) groups is 1. The zero-order valence-electron chi connectivity index (χ0n) is 11.7. The summed E-state index contributed by atoms with van der Waals surface area (Å²) in [4.78, 5) is 17.0. The normalized spacial score (nSPS) is 9.81. The molecule has 0 atom stereocenters. The van der Waals surface area contributed by atoms with E-state index in [2.05, 4.69) is 22.1 Å². The molecular weight excluding hydrogens is 284 g/mol. The van der Waals surface area contributed by atoms with E-state index in [1.807, 2.05) is 30.5 Å². The number of pyridine rings is 1. The van der Waals surface area contributed by atoms with Gasteiger partial charge in [-0.25, -0.2) is 0 Å². The van der Waals surface area contributed by atoms with Crippen LogP contribution in [0.5, 0.6) is 0 Å². The molecule has 4 nitrogen and oxygen atoms in total. The van der Waals surface area contributed by atoms with E-state index in [4.69, 9.17) is 5.11 Å². The van der Waals surface area contributed by atoms with Gasteiger partial charge in [0.25, 0.3) is 5.91 Å². The van der Waals surface area contributed by atoms with Crippen molar-refractivity contribution in [2.45, 2.75) is 19.9 Å². The molecule has 2 rings (SSSR count). The Labute approximate surface area is 127 Å². The molecule has 0 aliphatic carbocycles. The summed E-state index contributed by atoms with van der Waals surface area (Å²) >= 11 is 1.36. The van der Waals surface area contributed by atoms with Gasteiger partial charge < -0.3 is 10.4 Å². The van der Waals surface area contributed by atoms with Crippen molar-refractivity contribution < 1.29 is 9.90 Å². The summed E-state index contributed by atoms with van der Waals surface area (Å²) in [7, 11) is 0. The first kappa shape index (κ1) is 15.2. The summed E-state index contributed by atoms with van der Waals surface area (Å²) in [5, 5.41) is 13.4. The van der Waals surface area contributed by atoms with Gasteiger partial charge in [0.1, 0.15) is 4.88 Å². The maximum atomic E-state index is 12.2. The highest BCUT2D eigenvalue weighted by atomic mass is 32.1. The Bertz CT molecular complexity index is 666. The van der Waals surface area contributed by atoms with Gasteiger partial charge >= 0.3 is 0 Å². The van der Waals surface area contributed by atoms with E-state index in [-0.39, 0.29) is 12.5 Å². The van der Waals surface area contributed by atoms with E-state index in [0.29, 0.717) is 23.4 Å². The number of hydrogen-bond donors (Lipinski definition) is 2. The number of thiophene rings is 1. The summed E-state index contributed by atoms with van der Waals surface area (Å²) in [5.41, 5.74) is 2.61. The first-order chi connectivity index (χ1) is 10.2. The molecule has 2 aromatic heterocycles. The zero-order valence-corrected chi connectivity index (χ0v) is 12.5. The molecule has 0 aliphatic heterocycles. The first-order valence-corrected chi connectivity index (χ1v) is 7.45. The van der Waals surface area contributed by atoms with Gasteiger partial charge in [-0.05, 0) is 30.0 Å². The van der Waals surface area contributed by atoms with Gasteiger partial charge in [-0.2, -0.15) is 0 Å². The Morgan fingerprint density at radius 3 is 3.00 bits per heavy atom. The van der Waals surface area contributed by atoms with Crippen LogP contribution in [0.1, 0.15) is 32.9 Å².